The first-order valence-corrected chi connectivity index (χ1v) is 8.97. The summed E-state index contributed by atoms with van der Waals surface area (Å²) < 4.78 is 5.83. The average Bonchev–Trinajstić information content (AvgIpc) is 3.10. The molecule has 1 aromatic heterocycles. The largest absolute Gasteiger partial charge is 0.492 e. The lowest BCUT2D eigenvalue weighted by atomic mass is 10.1. The summed E-state index contributed by atoms with van der Waals surface area (Å²) in [4.78, 5) is 12.0. The molecule has 6 heteroatoms. The molecule has 0 saturated heterocycles. The standard InChI is InChI=1S/C19H19N3O2S/c1-2-18-21-22-19(25-18)20-17(23)12-13-24-16-11-7-6-10-15(16)14-8-4-3-5-9-14/h3-11H,2,12-13H2,1H3,(H,20,22,23). The van der Waals surface area contributed by atoms with Crippen molar-refractivity contribution in [2.75, 3.05) is 11.9 Å². The first-order valence-electron chi connectivity index (χ1n) is 8.15. The fraction of sp³-hybridized carbons (Fsp3) is 0.211. The topological polar surface area (TPSA) is 64.1 Å². The molecule has 1 amide bonds. The lowest BCUT2D eigenvalue weighted by Crippen LogP contribution is -2.15. The van der Waals surface area contributed by atoms with Crippen LogP contribution in [0.4, 0.5) is 5.13 Å². The predicted molar refractivity (Wildman–Crippen MR) is 99.9 cm³/mol. The van der Waals surface area contributed by atoms with E-state index in [1.54, 1.807) is 0 Å². The van der Waals surface area contributed by atoms with Crippen LogP contribution in [0.3, 0.4) is 0 Å². The van der Waals surface area contributed by atoms with Crippen molar-refractivity contribution < 1.29 is 9.53 Å². The number of rotatable bonds is 7. The van der Waals surface area contributed by atoms with Gasteiger partial charge in [-0.15, -0.1) is 10.2 Å². The van der Waals surface area contributed by atoms with Gasteiger partial charge in [0.1, 0.15) is 10.8 Å². The SMILES string of the molecule is CCc1nnc(NC(=O)CCOc2ccccc2-c2ccccc2)s1. The number of carbonyl (C=O) groups is 1. The third kappa shape index (κ3) is 4.64. The zero-order valence-electron chi connectivity index (χ0n) is 13.9. The van der Waals surface area contributed by atoms with E-state index in [2.05, 4.69) is 15.5 Å². The number of nitrogens with zero attached hydrogens (tertiary/aromatic N) is 2. The molecule has 3 aromatic rings. The molecule has 3 rings (SSSR count). The minimum Gasteiger partial charge on any atom is -0.492 e. The molecule has 0 saturated carbocycles. The third-order valence-corrected chi connectivity index (χ3v) is 4.56. The maximum atomic E-state index is 12.0. The van der Waals surface area contributed by atoms with Crippen molar-refractivity contribution in [3.05, 3.63) is 59.6 Å². The molecule has 2 aromatic carbocycles. The van der Waals surface area contributed by atoms with E-state index in [1.807, 2.05) is 61.5 Å². The van der Waals surface area contributed by atoms with Gasteiger partial charge in [0.2, 0.25) is 11.0 Å². The Labute approximate surface area is 150 Å². The molecular formula is C19H19N3O2S. The second-order valence-corrected chi connectivity index (χ2v) is 6.43. The average molecular weight is 353 g/mol. The molecule has 0 fully saturated rings. The predicted octanol–water partition coefficient (Wildman–Crippen LogP) is 4.18. The molecule has 0 aliphatic heterocycles. The Bertz CT molecular complexity index is 833. The normalized spacial score (nSPS) is 10.4. The van der Waals surface area contributed by atoms with Gasteiger partial charge in [-0.05, 0) is 18.1 Å². The highest BCUT2D eigenvalue weighted by Crippen LogP contribution is 2.29. The molecule has 0 bridgehead atoms. The van der Waals surface area contributed by atoms with E-state index in [1.165, 1.54) is 11.3 Å². The van der Waals surface area contributed by atoms with Crippen molar-refractivity contribution in [2.45, 2.75) is 19.8 Å². The number of aromatic nitrogens is 2. The van der Waals surface area contributed by atoms with Crippen molar-refractivity contribution in [3.8, 4) is 16.9 Å². The van der Waals surface area contributed by atoms with E-state index in [-0.39, 0.29) is 12.3 Å². The molecule has 128 valence electrons. The summed E-state index contributed by atoms with van der Waals surface area (Å²) in [5.41, 5.74) is 2.10. The van der Waals surface area contributed by atoms with E-state index in [0.717, 1.165) is 28.3 Å². The van der Waals surface area contributed by atoms with Crippen LogP contribution in [0.25, 0.3) is 11.1 Å². The van der Waals surface area contributed by atoms with Gasteiger partial charge < -0.3 is 10.1 Å². The van der Waals surface area contributed by atoms with Crippen LogP contribution in [-0.2, 0) is 11.2 Å². The molecule has 0 aliphatic carbocycles. The summed E-state index contributed by atoms with van der Waals surface area (Å²) in [5, 5.41) is 12.1. The lowest BCUT2D eigenvalue weighted by Gasteiger charge is -2.11. The number of aryl methyl sites for hydroxylation is 1. The molecule has 25 heavy (non-hydrogen) atoms. The second-order valence-electron chi connectivity index (χ2n) is 5.36. The van der Waals surface area contributed by atoms with Gasteiger partial charge in [0.25, 0.3) is 0 Å². The number of anilines is 1. The molecule has 0 aliphatic rings. The molecule has 5 nitrogen and oxygen atoms in total. The number of amides is 1. The van der Waals surface area contributed by atoms with Gasteiger partial charge in [0.15, 0.2) is 0 Å². The highest BCUT2D eigenvalue weighted by molar-refractivity contribution is 7.15. The van der Waals surface area contributed by atoms with Gasteiger partial charge in [-0.3, -0.25) is 4.79 Å². The minimum atomic E-state index is -0.129. The number of para-hydroxylation sites is 1. The van der Waals surface area contributed by atoms with Crippen LogP contribution < -0.4 is 10.1 Å². The quantitative estimate of drug-likeness (QED) is 0.692. The molecular weight excluding hydrogens is 334 g/mol. The van der Waals surface area contributed by atoms with Crippen LogP contribution in [0.1, 0.15) is 18.4 Å². The van der Waals surface area contributed by atoms with Crippen LogP contribution in [0.5, 0.6) is 5.75 Å². The van der Waals surface area contributed by atoms with E-state index >= 15 is 0 Å². The number of carbonyl (C=O) groups excluding carboxylic acids is 1. The van der Waals surface area contributed by atoms with Crippen LogP contribution in [-0.4, -0.2) is 22.7 Å². The Kier molecular flexibility index (Phi) is 5.74. The Morgan fingerprint density at radius 1 is 1.08 bits per heavy atom. The molecule has 0 atom stereocenters. The highest BCUT2D eigenvalue weighted by Gasteiger charge is 2.09. The summed E-state index contributed by atoms with van der Waals surface area (Å²) in [6.07, 6.45) is 1.07. The van der Waals surface area contributed by atoms with Crippen LogP contribution in [0, 0.1) is 0 Å². The van der Waals surface area contributed by atoms with Crippen molar-refractivity contribution in [2.24, 2.45) is 0 Å². The van der Waals surface area contributed by atoms with Crippen molar-refractivity contribution in [1.29, 1.82) is 0 Å². The van der Waals surface area contributed by atoms with Crippen LogP contribution >= 0.6 is 11.3 Å². The third-order valence-electron chi connectivity index (χ3n) is 3.57. The fourth-order valence-corrected chi connectivity index (χ4v) is 3.03. The van der Waals surface area contributed by atoms with Crippen molar-refractivity contribution in [3.63, 3.8) is 0 Å². The Balaban J connectivity index is 1.56. The summed E-state index contributed by atoms with van der Waals surface area (Å²) in [5.74, 6) is 0.640. The van der Waals surface area contributed by atoms with Crippen LogP contribution in [0.15, 0.2) is 54.6 Å². The maximum Gasteiger partial charge on any atom is 0.229 e. The Morgan fingerprint density at radius 3 is 2.60 bits per heavy atom. The molecule has 0 unspecified atom stereocenters. The monoisotopic (exact) mass is 353 g/mol. The van der Waals surface area contributed by atoms with Gasteiger partial charge in [0.05, 0.1) is 13.0 Å². The van der Waals surface area contributed by atoms with Gasteiger partial charge in [-0.2, -0.15) is 0 Å². The van der Waals surface area contributed by atoms with E-state index in [4.69, 9.17) is 4.74 Å². The zero-order valence-corrected chi connectivity index (χ0v) is 14.8. The molecule has 0 spiro atoms. The Morgan fingerprint density at radius 2 is 1.84 bits per heavy atom. The highest BCUT2D eigenvalue weighted by atomic mass is 32.1. The summed E-state index contributed by atoms with van der Waals surface area (Å²) in [6.45, 7) is 2.30. The number of benzene rings is 2. The van der Waals surface area contributed by atoms with Gasteiger partial charge >= 0.3 is 0 Å². The molecule has 0 radical (unpaired) electrons. The summed E-state index contributed by atoms with van der Waals surface area (Å²) in [6, 6.07) is 17.9. The van der Waals surface area contributed by atoms with Crippen LogP contribution in [0.2, 0.25) is 0 Å². The first kappa shape index (κ1) is 17.1. The summed E-state index contributed by atoms with van der Waals surface area (Å²) >= 11 is 1.40. The van der Waals surface area contributed by atoms with Crippen molar-refractivity contribution >= 4 is 22.4 Å². The Hall–Kier alpha value is -2.73. The first-order chi connectivity index (χ1) is 12.3. The minimum absolute atomic E-state index is 0.129. The second kappa shape index (κ2) is 8.39. The van der Waals surface area contributed by atoms with Gasteiger partial charge in [-0.25, -0.2) is 0 Å². The number of hydrogen-bond acceptors (Lipinski definition) is 5. The summed E-state index contributed by atoms with van der Waals surface area (Å²) in [7, 11) is 0. The van der Waals surface area contributed by atoms with E-state index in [9.17, 15) is 4.79 Å². The van der Waals surface area contributed by atoms with Gasteiger partial charge in [0, 0.05) is 5.56 Å². The zero-order chi connectivity index (χ0) is 17.5. The fourth-order valence-electron chi connectivity index (χ4n) is 2.33. The van der Waals surface area contributed by atoms with E-state index in [0.29, 0.717) is 11.7 Å². The molecule has 1 N–H and O–H groups in total. The van der Waals surface area contributed by atoms with Crippen molar-refractivity contribution in [1.82, 2.24) is 10.2 Å². The number of nitrogens with one attached hydrogen (secondary N) is 1. The molecule has 1 heterocycles. The maximum absolute atomic E-state index is 12.0. The smallest absolute Gasteiger partial charge is 0.229 e. The van der Waals surface area contributed by atoms with Gasteiger partial charge in [-0.1, -0.05) is 66.8 Å². The number of hydrogen-bond donors (Lipinski definition) is 1. The lowest BCUT2D eigenvalue weighted by molar-refractivity contribution is -0.116. The number of ether oxygens (including phenoxy) is 1. The van der Waals surface area contributed by atoms with E-state index < -0.39 is 0 Å².